The van der Waals surface area contributed by atoms with Crippen LogP contribution >= 0.6 is 0 Å². The van der Waals surface area contributed by atoms with Crippen LogP contribution in [0.2, 0.25) is 0 Å². The molecular weight excluding hydrogens is 135 g/mol. The number of aldehydes is 1. The topological polar surface area (TPSA) is 17.1 Å². The van der Waals surface area contributed by atoms with Gasteiger partial charge in [-0.3, -0.25) is 4.79 Å². The Kier molecular flexibility index (Phi) is 2.13. The molecule has 0 atom stereocenters. The zero-order chi connectivity index (χ0) is 8.43. The predicted molar refractivity (Wildman–Crippen MR) is 49.5 cm³/mol. The summed E-state index contributed by atoms with van der Waals surface area (Å²) >= 11 is 0. The lowest BCUT2D eigenvalue weighted by molar-refractivity contribution is 0.112. The van der Waals surface area contributed by atoms with Gasteiger partial charge < -0.3 is 0 Å². The van der Waals surface area contributed by atoms with Gasteiger partial charge in [0.25, 0.3) is 0 Å². The first-order valence-electron chi connectivity index (χ1n) is 3.68. The maximum atomic E-state index is 10.4. The van der Waals surface area contributed by atoms with E-state index in [9.17, 15) is 4.79 Å². The fourth-order valence-electron chi connectivity index (χ4n) is 1.14. The molecule has 0 amide bonds. The zero-order valence-electron chi connectivity index (χ0n) is 7.14. The molecule has 0 N–H and O–H groups in total. The third-order valence-corrected chi connectivity index (χ3v) is 2.09. The summed E-state index contributed by atoms with van der Waals surface area (Å²) < 4.78 is 0. The Morgan fingerprint density at radius 1 is 1.36 bits per heavy atom. The van der Waals surface area contributed by atoms with E-state index in [4.69, 9.17) is 0 Å². The van der Waals surface area contributed by atoms with E-state index < -0.39 is 0 Å². The second kappa shape index (κ2) is 2.91. The summed E-state index contributed by atoms with van der Waals surface area (Å²) in [6.45, 7) is 4.09. The van der Waals surface area contributed by atoms with Crippen molar-refractivity contribution in [2.75, 3.05) is 0 Å². The summed E-state index contributed by atoms with van der Waals surface area (Å²) in [4.78, 5) is 10.4. The van der Waals surface area contributed by atoms with E-state index in [1.54, 1.807) is 0 Å². The first-order chi connectivity index (χ1) is 5.15. The lowest BCUT2D eigenvalue weighted by Crippen LogP contribution is -2.09. The molecule has 56 valence electrons. The molecule has 0 saturated heterocycles. The number of hydrogen-bond donors (Lipinski definition) is 0. The Morgan fingerprint density at radius 3 is 2.45 bits per heavy atom. The van der Waals surface area contributed by atoms with Crippen molar-refractivity contribution in [2.24, 2.45) is 0 Å². The van der Waals surface area contributed by atoms with Crippen LogP contribution in [0.5, 0.6) is 0 Å². The van der Waals surface area contributed by atoms with Gasteiger partial charge in [0, 0.05) is 5.56 Å². The minimum atomic E-state index is 0.769. The molecule has 0 bridgehead atoms. The van der Waals surface area contributed by atoms with Crippen LogP contribution in [0.15, 0.2) is 12.1 Å². The van der Waals surface area contributed by atoms with E-state index in [0.29, 0.717) is 0 Å². The van der Waals surface area contributed by atoms with Crippen LogP contribution < -0.4 is 5.46 Å². The van der Waals surface area contributed by atoms with E-state index in [-0.39, 0.29) is 0 Å². The van der Waals surface area contributed by atoms with Crippen LogP contribution in [0, 0.1) is 13.8 Å². The van der Waals surface area contributed by atoms with E-state index in [1.807, 2.05) is 26.9 Å². The largest absolute Gasteiger partial charge is 0.298 e. The Labute approximate surface area is 67.8 Å². The number of hydrogen-bond acceptors (Lipinski definition) is 1. The molecule has 11 heavy (non-hydrogen) atoms. The monoisotopic (exact) mass is 146 g/mol. The predicted octanol–water partition coefficient (Wildman–Crippen LogP) is 0.374. The van der Waals surface area contributed by atoms with Crippen LogP contribution in [0.3, 0.4) is 0 Å². The summed E-state index contributed by atoms with van der Waals surface area (Å²) in [7, 11) is 2.02. The minimum Gasteiger partial charge on any atom is -0.298 e. The van der Waals surface area contributed by atoms with Gasteiger partial charge in [0.2, 0.25) is 0 Å². The van der Waals surface area contributed by atoms with Crippen LogP contribution in [-0.2, 0) is 0 Å². The molecule has 1 aromatic carbocycles. The van der Waals surface area contributed by atoms with Gasteiger partial charge in [0.05, 0.1) is 0 Å². The summed E-state index contributed by atoms with van der Waals surface area (Å²) in [5, 5.41) is 0. The number of carbonyl (C=O) groups is 1. The SMILES string of the molecule is Bc1cc(C=O)cc(C)c1C. The molecular formula is C9H11BO. The Bertz CT molecular complexity index is 269. The van der Waals surface area contributed by atoms with E-state index in [1.165, 1.54) is 16.6 Å². The molecule has 2 heteroatoms. The van der Waals surface area contributed by atoms with Gasteiger partial charge in [-0.15, -0.1) is 0 Å². The van der Waals surface area contributed by atoms with Gasteiger partial charge in [-0.1, -0.05) is 17.1 Å². The highest BCUT2D eigenvalue weighted by atomic mass is 16.1. The van der Waals surface area contributed by atoms with Crippen molar-refractivity contribution in [1.29, 1.82) is 0 Å². The molecule has 0 saturated carbocycles. The van der Waals surface area contributed by atoms with Gasteiger partial charge in [-0.05, 0) is 25.5 Å². The highest BCUT2D eigenvalue weighted by Gasteiger charge is 1.98. The van der Waals surface area contributed by atoms with Crippen LogP contribution in [0.25, 0.3) is 0 Å². The molecule has 0 spiro atoms. The van der Waals surface area contributed by atoms with Crippen molar-refractivity contribution in [3.63, 3.8) is 0 Å². The Balaban J connectivity index is 3.31. The third kappa shape index (κ3) is 1.51. The molecule has 1 rings (SSSR count). The average Bonchev–Trinajstić information content (AvgIpc) is 1.99. The summed E-state index contributed by atoms with van der Waals surface area (Å²) in [6.07, 6.45) is 0.888. The molecule has 0 aliphatic heterocycles. The fraction of sp³-hybridized carbons (Fsp3) is 0.222. The van der Waals surface area contributed by atoms with Crippen molar-refractivity contribution in [3.8, 4) is 0 Å². The fourth-order valence-corrected chi connectivity index (χ4v) is 1.14. The molecule has 0 heterocycles. The molecule has 0 aromatic heterocycles. The van der Waals surface area contributed by atoms with Crippen molar-refractivity contribution >= 4 is 19.6 Å². The second-order valence-corrected chi connectivity index (χ2v) is 2.90. The third-order valence-electron chi connectivity index (χ3n) is 2.09. The Morgan fingerprint density at radius 2 is 2.00 bits per heavy atom. The molecule has 0 aliphatic carbocycles. The maximum absolute atomic E-state index is 10.4. The zero-order valence-corrected chi connectivity index (χ0v) is 7.14. The highest BCUT2D eigenvalue weighted by molar-refractivity contribution is 6.33. The summed E-state index contributed by atoms with van der Waals surface area (Å²) in [5.74, 6) is 0. The lowest BCUT2D eigenvalue weighted by atomic mass is 9.87. The maximum Gasteiger partial charge on any atom is 0.150 e. The van der Waals surface area contributed by atoms with E-state index in [2.05, 4.69) is 6.92 Å². The van der Waals surface area contributed by atoms with Gasteiger partial charge in [-0.2, -0.15) is 0 Å². The van der Waals surface area contributed by atoms with Crippen LogP contribution in [-0.4, -0.2) is 14.1 Å². The molecule has 0 unspecified atom stereocenters. The highest BCUT2D eigenvalue weighted by Crippen LogP contribution is 2.04. The van der Waals surface area contributed by atoms with Crippen molar-refractivity contribution in [1.82, 2.24) is 0 Å². The normalized spacial score (nSPS) is 9.64. The van der Waals surface area contributed by atoms with Crippen molar-refractivity contribution in [2.45, 2.75) is 13.8 Å². The Hall–Kier alpha value is -1.05. The number of rotatable bonds is 1. The number of benzene rings is 1. The average molecular weight is 146 g/mol. The standard InChI is InChI=1S/C9H11BO/c1-6-3-8(5-11)4-9(10)7(6)2/h3-5H,10H2,1-2H3. The number of carbonyl (C=O) groups excluding carboxylic acids is 1. The van der Waals surface area contributed by atoms with Gasteiger partial charge in [0.15, 0.2) is 0 Å². The molecule has 0 radical (unpaired) electrons. The quantitative estimate of drug-likeness (QED) is 0.413. The van der Waals surface area contributed by atoms with E-state index >= 15 is 0 Å². The smallest absolute Gasteiger partial charge is 0.150 e. The van der Waals surface area contributed by atoms with Gasteiger partial charge >= 0.3 is 0 Å². The molecule has 0 fully saturated rings. The second-order valence-electron chi connectivity index (χ2n) is 2.90. The van der Waals surface area contributed by atoms with Crippen LogP contribution in [0.4, 0.5) is 0 Å². The number of aryl methyl sites for hydroxylation is 1. The molecule has 1 nitrogen and oxygen atoms in total. The first kappa shape index (κ1) is 8.06. The van der Waals surface area contributed by atoms with Crippen molar-refractivity contribution < 1.29 is 4.79 Å². The molecule has 0 aliphatic rings. The lowest BCUT2D eigenvalue weighted by Gasteiger charge is -2.04. The molecule has 1 aromatic rings. The summed E-state index contributed by atoms with van der Waals surface area (Å²) in [6, 6.07) is 3.82. The van der Waals surface area contributed by atoms with Gasteiger partial charge in [0.1, 0.15) is 14.1 Å². The van der Waals surface area contributed by atoms with Gasteiger partial charge in [-0.25, -0.2) is 0 Å². The van der Waals surface area contributed by atoms with Crippen molar-refractivity contribution in [3.05, 3.63) is 28.8 Å². The minimum absolute atomic E-state index is 0.769. The first-order valence-corrected chi connectivity index (χ1v) is 3.68. The van der Waals surface area contributed by atoms with E-state index in [0.717, 1.165) is 11.8 Å². The summed E-state index contributed by atoms with van der Waals surface area (Å²) in [5.41, 5.74) is 4.42. The van der Waals surface area contributed by atoms with Crippen LogP contribution in [0.1, 0.15) is 21.5 Å².